The standard InChI is InChI=1S/C14H19N3O2/c1-11-6-16(9-13(10-18)19-11)7-12-8-17-5-3-2-4-14(17)15-12/h2-5,8,11,13,18H,6-7,9-10H2,1H3. The maximum Gasteiger partial charge on any atom is 0.137 e. The van der Waals surface area contributed by atoms with E-state index in [1.807, 2.05) is 35.7 Å². The Balaban J connectivity index is 1.73. The van der Waals surface area contributed by atoms with Gasteiger partial charge in [-0.05, 0) is 19.1 Å². The molecule has 19 heavy (non-hydrogen) atoms. The molecule has 1 aliphatic rings. The molecule has 0 spiro atoms. The van der Waals surface area contributed by atoms with Gasteiger partial charge in [0, 0.05) is 32.0 Å². The van der Waals surface area contributed by atoms with E-state index in [-0.39, 0.29) is 18.8 Å². The Morgan fingerprint density at radius 3 is 3.11 bits per heavy atom. The van der Waals surface area contributed by atoms with Gasteiger partial charge in [-0.1, -0.05) is 6.07 Å². The molecular weight excluding hydrogens is 242 g/mol. The molecule has 1 saturated heterocycles. The van der Waals surface area contributed by atoms with Gasteiger partial charge in [0.05, 0.1) is 24.5 Å². The molecule has 0 amide bonds. The van der Waals surface area contributed by atoms with Gasteiger partial charge in [0.15, 0.2) is 0 Å². The number of hydrogen-bond donors (Lipinski definition) is 1. The summed E-state index contributed by atoms with van der Waals surface area (Å²) in [7, 11) is 0. The van der Waals surface area contributed by atoms with Crippen LogP contribution in [0.3, 0.4) is 0 Å². The minimum atomic E-state index is -0.0826. The number of aromatic nitrogens is 2. The van der Waals surface area contributed by atoms with Crippen LogP contribution < -0.4 is 0 Å². The number of morpholine rings is 1. The first-order chi connectivity index (χ1) is 9.24. The zero-order valence-corrected chi connectivity index (χ0v) is 11.1. The molecule has 0 aliphatic carbocycles. The molecule has 102 valence electrons. The fourth-order valence-electron chi connectivity index (χ4n) is 2.66. The lowest BCUT2D eigenvalue weighted by Gasteiger charge is -2.35. The molecule has 2 atom stereocenters. The van der Waals surface area contributed by atoms with Gasteiger partial charge in [-0.3, -0.25) is 4.90 Å². The van der Waals surface area contributed by atoms with Crippen LogP contribution in [0.1, 0.15) is 12.6 Å². The molecule has 3 heterocycles. The molecule has 2 aromatic rings. The average Bonchev–Trinajstić information content (AvgIpc) is 2.80. The summed E-state index contributed by atoms with van der Waals surface area (Å²) in [4.78, 5) is 6.89. The number of nitrogens with zero attached hydrogens (tertiary/aromatic N) is 3. The van der Waals surface area contributed by atoms with E-state index in [4.69, 9.17) is 4.74 Å². The molecule has 0 aromatic carbocycles. The van der Waals surface area contributed by atoms with Crippen molar-refractivity contribution in [1.29, 1.82) is 0 Å². The summed E-state index contributed by atoms with van der Waals surface area (Å²) in [5, 5.41) is 9.24. The van der Waals surface area contributed by atoms with E-state index in [0.717, 1.165) is 31.0 Å². The quantitative estimate of drug-likeness (QED) is 0.892. The van der Waals surface area contributed by atoms with Gasteiger partial charge in [-0.25, -0.2) is 4.98 Å². The van der Waals surface area contributed by atoms with Crippen molar-refractivity contribution >= 4 is 5.65 Å². The second kappa shape index (κ2) is 5.28. The summed E-state index contributed by atoms with van der Waals surface area (Å²) in [6, 6.07) is 5.99. The zero-order chi connectivity index (χ0) is 13.2. The minimum absolute atomic E-state index is 0.0754. The van der Waals surface area contributed by atoms with Crippen LogP contribution in [0.25, 0.3) is 5.65 Å². The molecule has 2 unspecified atom stereocenters. The third kappa shape index (κ3) is 2.78. The Labute approximate surface area is 112 Å². The van der Waals surface area contributed by atoms with E-state index in [0.29, 0.717) is 0 Å². The third-order valence-corrected chi connectivity index (χ3v) is 3.41. The first-order valence-electron chi connectivity index (χ1n) is 6.66. The maximum absolute atomic E-state index is 9.24. The summed E-state index contributed by atoms with van der Waals surface area (Å²) in [5.41, 5.74) is 2.02. The van der Waals surface area contributed by atoms with Crippen LogP contribution in [-0.2, 0) is 11.3 Å². The number of aliphatic hydroxyl groups is 1. The van der Waals surface area contributed by atoms with Gasteiger partial charge in [0.25, 0.3) is 0 Å². The fourth-order valence-corrected chi connectivity index (χ4v) is 2.66. The first-order valence-corrected chi connectivity index (χ1v) is 6.66. The van der Waals surface area contributed by atoms with E-state index >= 15 is 0 Å². The lowest BCUT2D eigenvalue weighted by molar-refractivity contribution is -0.0974. The van der Waals surface area contributed by atoms with E-state index in [1.54, 1.807) is 0 Å². The predicted molar refractivity (Wildman–Crippen MR) is 71.9 cm³/mol. The summed E-state index contributed by atoms with van der Waals surface area (Å²) >= 11 is 0. The number of fused-ring (bicyclic) bond motifs is 1. The van der Waals surface area contributed by atoms with Crippen molar-refractivity contribution in [3.05, 3.63) is 36.3 Å². The van der Waals surface area contributed by atoms with E-state index < -0.39 is 0 Å². The number of rotatable bonds is 3. The Bertz CT molecular complexity index is 521. The Morgan fingerprint density at radius 1 is 1.42 bits per heavy atom. The van der Waals surface area contributed by atoms with Crippen molar-refractivity contribution < 1.29 is 9.84 Å². The van der Waals surface area contributed by atoms with Gasteiger partial charge in [-0.15, -0.1) is 0 Å². The van der Waals surface area contributed by atoms with Crippen LogP contribution in [0.4, 0.5) is 0 Å². The molecule has 0 radical (unpaired) electrons. The van der Waals surface area contributed by atoms with E-state index in [9.17, 15) is 5.11 Å². The normalized spacial score (nSPS) is 24.9. The Morgan fingerprint density at radius 2 is 2.32 bits per heavy atom. The lowest BCUT2D eigenvalue weighted by atomic mass is 10.2. The molecule has 0 bridgehead atoms. The molecule has 0 saturated carbocycles. The van der Waals surface area contributed by atoms with Gasteiger partial charge in [0.2, 0.25) is 0 Å². The topological polar surface area (TPSA) is 50.0 Å². The number of aliphatic hydroxyl groups excluding tert-OH is 1. The van der Waals surface area contributed by atoms with Crippen LogP contribution in [0.2, 0.25) is 0 Å². The molecule has 1 N–H and O–H groups in total. The highest BCUT2D eigenvalue weighted by molar-refractivity contribution is 5.39. The second-order valence-corrected chi connectivity index (χ2v) is 5.14. The molecule has 5 heteroatoms. The Hall–Kier alpha value is -1.43. The molecule has 1 fully saturated rings. The number of pyridine rings is 1. The Kier molecular flexibility index (Phi) is 3.50. The monoisotopic (exact) mass is 261 g/mol. The van der Waals surface area contributed by atoms with E-state index in [1.165, 1.54) is 0 Å². The van der Waals surface area contributed by atoms with Crippen molar-refractivity contribution in [3.63, 3.8) is 0 Å². The summed E-state index contributed by atoms with van der Waals surface area (Å²) in [6.07, 6.45) is 4.14. The summed E-state index contributed by atoms with van der Waals surface area (Å²) < 4.78 is 7.68. The third-order valence-electron chi connectivity index (χ3n) is 3.41. The molecule has 2 aromatic heterocycles. The lowest BCUT2D eigenvalue weighted by Crippen LogP contribution is -2.47. The first kappa shape index (κ1) is 12.6. The highest BCUT2D eigenvalue weighted by Crippen LogP contribution is 2.14. The minimum Gasteiger partial charge on any atom is -0.394 e. The van der Waals surface area contributed by atoms with Gasteiger partial charge in [-0.2, -0.15) is 0 Å². The smallest absolute Gasteiger partial charge is 0.137 e. The summed E-state index contributed by atoms with van der Waals surface area (Å²) in [6.45, 7) is 4.55. The summed E-state index contributed by atoms with van der Waals surface area (Å²) in [5.74, 6) is 0. The van der Waals surface area contributed by atoms with Crippen molar-refractivity contribution in [2.75, 3.05) is 19.7 Å². The van der Waals surface area contributed by atoms with Crippen molar-refractivity contribution in [2.45, 2.75) is 25.7 Å². The molecular formula is C14H19N3O2. The average molecular weight is 261 g/mol. The van der Waals surface area contributed by atoms with Crippen LogP contribution in [0, 0.1) is 0 Å². The molecule has 1 aliphatic heterocycles. The van der Waals surface area contributed by atoms with Gasteiger partial charge in [0.1, 0.15) is 5.65 Å². The predicted octanol–water partition coefficient (Wildman–Crippen LogP) is 0.916. The largest absolute Gasteiger partial charge is 0.394 e. The van der Waals surface area contributed by atoms with Crippen LogP contribution in [-0.4, -0.2) is 51.3 Å². The SMILES string of the molecule is CC1CN(Cc2cn3ccccc3n2)CC(CO)O1. The van der Waals surface area contributed by atoms with Crippen molar-refractivity contribution in [1.82, 2.24) is 14.3 Å². The molecule has 3 rings (SSSR count). The highest BCUT2D eigenvalue weighted by Gasteiger charge is 2.25. The maximum atomic E-state index is 9.24. The molecule has 5 nitrogen and oxygen atoms in total. The zero-order valence-electron chi connectivity index (χ0n) is 11.1. The highest BCUT2D eigenvalue weighted by atomic mass is 16.5. The number of imidazole rings is 1. The van der Waals surface area contributed by atoms with Crippen molar-refractivity contribution in [2.24, 2.45) is 0 Å². The number of hydrogen-bond acceptors (Lipinski definition) is 4. The van der Waals surface area contributed by atoms with Gasteiger partial charge < -0.3 is 14.2 Å². The van der Waals surface area contributed by atoms with Crippen LogP contribution in [0.15, 0.2) is 30.6 Å². The second-order valence-electron chi connectivity index (χ2n) is 5.14. The van der Waals surface area contributed by atoms with Crippen molar-refractivity contribution in [3.8, 4) is 0 Å². The van der Waals surface area contributed by atoms with Crippen LogP contribution >= 0.6 is 0 Å². The number of ether oxygens (including phenoxy) is 1. The van der Waals surface area contributed by atoms with Crippen LogP contribution in [0.5, 0.6) is 0 Å². The van der Waals surface area contributed by atoms with E-state index in [2.05, 4.69) is 16.1 Å². The fraction of sp³-hybridized carbons (Fsp3) is 0.500. The van der Waals surface area contributed by atoms with Gasteiger partial charge >= 0.3 is 0 Å².